The lowest BCUT2D eigenvalue weighted by Crippen LogP contribution is -2.40. The first-order valence-corrected chi connectivity index (χ1v) is 7.13. The van der Waals surface area contributed by atoms with Crippen LogP contribution in [-0.2, 0) is 0 Å². The number of carboxylic acid groups (broad SMARTS) is 1. The van der Waals surface area contributed by atoms with Gasteiger partial charge in [0.05, 0.1) is 11.3 Å². The number of benzene rings is 1. The van der Waals surface area contributed by atoms with Crippen LogP contribution in [0.3, 0.4) is 0 Å². The van der Waals surface area contributed by atoms with Crippen molar-refractivity contribution in [3.63, 3.8) is 0 Å². The molecule has 7 heteroatoms. The van der Waals surface area contributed by atoms with Crippen molar-refractivity contribution in [2.75, 3.05) is 26.0 Å². The molecule has 0 heterocycles. The van der Waals surface area contributed by atoms with Crippen LogP contribution in [0.2, 0.25) is 0 Å². The first kappa shape index (κ1) is 16.7. The third-order valence-electron chi connectivity index (χ3n) is 2.90. The molecule has 3 N–H and O–H groups in total. The summed E-state index contributed by atoms with van der Waals surface area (Å²) in [5.74, 6) is -1.07. The summed E-state index contributed by atoms with van der Waals surface area (Å²) in [7, 11) is 3.85. The molecule has 0 aromatic heterocycles. The van der Waals surface area contributed by atoms with Gasteiger partial charge in [0.25, 0.3) is 0 Å². The minimum Gasteiger partial charge on any atom is -0.478 e. The van der Waals surface area contributed by atoms with E-state index in [2.05, 4.69) is 10.6 Å². The fraction of sp³-hybridized carbons (Fsp3) is 0.385. The van der Waals surface area contributed by atoms with Gasteiger partial charge in [0.1, 0.15) is 0 Å². The Labute approximate surface area is 131 Å². The molecule has 1 unspecified atom stereocenters. The number of rotatable bonds is 5. The zero-order chi connectivity index (χ0) is 15.3. The summed E-state index contributed by atoms with van der Waals surface area (Å²) in [6.07, 6.45) is 0. The Hall–Kier alpha value is -1.35. The molecule has 6 nitrogen and oxygen atoms in total. The molecule has 0 aliphatic rings. The number of nitrogens with one attached hydrogen (secondary N) is 2. The van der Waals surface area contributed by atoms with E-state index in [9.17, 15) is 9.59 Å². The fourth-order valence-electron chi connectivity index (χ4n) is 1.39. The third kappa shape index (κ3) is 4.97. The number of halogens is 1. The molecule has 20 heavy (non-hydrogen) atoms. The third-order valence-corrected chi connectivity index (χ3v) is 3.57. The van der Waals surface area contributed by atoms with Gasteiger partial charge in [-0.05, 0) is 61.8 Å². The van der Waals surface area contributed by atoms with Gasteiger partial charge in [-0.1, -0.05) is 0 Å². The van der Waals surface area contributed by atoms with Gasteiger partial charge in [0.2, 0.25) is 0 Å². The summed E-state index contributed by atoms with van der Waals surface area (Å²) >= 11 is 2.02. The highest BCUT2D eigenvalue weighted by molar-refractivity contribution is 14.1. The first-order valence-electron chi connectivity index (χ1n) is 6.05. The second-order valence-corrected chi connectivity index (χ2v) is 5.89. The molecule has 2 amide bonds. The van der Waals surface area contributed by atoms with Gasteiger partial charge in [-0.25, -0.2) is 9.59 Å². The number of urea groups is 1. The summed E-state index contributed by atoms with van der Waals surface area (Å²) < 4.78 is 0.798. The van der Waals surface area contributed by atoms with E-state index in [-0.39, 0.29) is 17.3 Å². The van der Waals surface area contributed by atoms with E-state index in [1.54, 1.807) is 12.1 Å². The minimum absolute atomic E-state index is 0.0766. The number of carbonyl (C=O) groups is 2. The molecule has 0 spiro atoms. The predicted molar refractivity (Wildman–Crippen MR) is 86.3 cm³/mol. The van der Waals surface area contributed by atoms with Gasteiger partial charge in [0.15, 0.2) is 0 Å². The smallest absolute Gasteiger partial charge is 0.337 e. The number of aromatic carboxylic acids is 1. The number of likely N-dealkylation sites (N-methyl/N-ethyl adjacent to an activating group) is 1. The van der Waals surface area contributed by atoms with E-state index in [1.165, 1.54) is 6.07 Å². The summed E-state index contributed by atoms with van der Waals surface area (Å²) in [6, 6.07) is 4.62. The number of carbonyl (C=O) groups excluding carboxylic acids is 1. The molecule has 1 aromatic carbocycles. The molecular formula is C13H18IN3O3. The van der Waals surface area contributed by atoms with E-state index >= 15 is 0 Å². The SMILES string of the molecule is CC(CNC(=O)Nc1ccc(I)cc1C(=O)O)N(C)C. The van der Waals surface area contributed by atoms with Gasteiger partial charge in [-0.15, -0.1) is 0 Å². The lowest BCUT2D eigenvalue weighted by molar-refractivity contribution is 0.0698. The van der Waals surface area contributed by atoms with Crippen LogP contribution in [0, 0.1) is 3.57 Å². The van der Waals surface area contributed by atoms with Gasteiger partial charge < -0.3 is 20.6 Å². The quantitative estimate of drug-likeness (QED) is 0.672. The van der Waals surface area contributed by atoms with Gasteiger partial charge in [0, 0.05) is 16.2 Å². The minimum atomic E-state index is -1.07. The van der Waals surface area contributed by atoms with Crippen LogP contribution in [-0.4, -0.2) is 48.7 Å². The van der Waals surface area contributed by atoms with Crippen LogP contribution in [0.4, 0.5) is 10.5 Å². The second kappa shape index (κ2) is 7.44. The average Bonchev–Trinajstić information content (AvgIpc) is 2.37. The van der Waals surface area contributed by atoms with Crippen LogP contribution < -0.4 is 10.6 Å². The first-order chi connectivity index (χ1) is 9.31. The molecular weight excluding hydrogens is 373 g/mol. The van der Waals surface area contributed by atoms with Crippen LogP contribution in [0.5, 0.6) is 0 Å². The standard InChI is InChI=1S/C13H18IN3O3/c1-8(17(2)3)7-15-13(20)16-11-5-4-9(14)6-10(11)12(18)19/h4-6,8H,7H2,1-3H3,(H,18,19)(H2,15,16,20). The number of nitrogens with zero attached hydrogens (tertiary/aromatic N) is 1. The molecule has 1 atom stereocenters. The monoisotopic (exact) mass is 391 g/mol. The maximum absolute atomic E-state index is 11.8. The van der Waals surface area contributed by atoms with E-state index < -0.39 is 12.0 Å². The molecule has 0 fully saturated rings. The molecule has 0 bridgehead atoms. The average molecular weight is 391 g/mol. The molecule has 0 saturated heterocycles. The predicted octanol–water partition coefficient (Wildman–Crippen LogP) is 2.06. The van der Waals surface area contributed by atoms with Crippen molar-refractivity contribution in [1.29, 1.82) is 0 Å². The van der Waals surface area contributed by atoms with Crippen molar-refractivity contribution in [3.05, 3.63) is 27.3 Å². The molecule has 110 valence electrons. The number of anilines is 1. The number of amides is 2. The molecule has 0 aliphatic carbocycles. The Kier molecular flexibility index (Phi) is 6.21. The van der Waals surface area contributed by atoms with Crippen LogP contribution >= 0.6 is 22.6 Å². The van der Waals surface area contributed by atoms with Crippen LogP contribution in [0.1, 0.15) is 17.3 Å². The normalized spacial score (nSPS) is 12.1. The molecule has 0 saturated carbocycles. The summed E-state index contributed by atoms with van der Waals surface area (Å²) in [5, 5.41) is 14.4. The molecule has 1 rings (SSSR count). The Balaban J connectivity index is 2.69. The van der Waals surface area contributed by atoms with E-state index in [0.717, 1.165) is 3.57 Å². The largest absolute Gasteiger partial charge is 0.478 e. The highest BCUT2D eigenvalue weighted by Gasteiger charge is 2.13. The van der Waals surface area contributed by atoms with Crippen molar-refractivity contribution in [2.24, 2.45) is 0 Å². The lowest BCUT2D eigenvalue weighted by Gasteiger charge is -2.20. The maximum Gasteiger partial charge on any atom is 0.337 e. The number of carboxylic acids is 1. The molecule has 0 radical (unpaired) electrons. The second-order valence-electron chi connectivity index (χ2n) is 4.64. The van der Waals surface area contributed by atoms with Crippen molar-refractivity contribution >= 4 is 40.3 Å². The number of hydrogen-bond donors (Lipinski definition) is 3. The Morgan fingerprint density at radius 3 is 2.60 bits per heavy atom. The highest BCUT2D eigenvalue weighted by atomic mass is 127. The fourth-order valence-corrected chi connectivity index (χ4v) is 1.88. The summed E-state index contributed by atoms with van der Waals surface area (Å²) in [5.41, 5.74) is 0.362. The van der Waals surface area contributed by atoms with Crippen molar-refractivity contribution in [3.8, 4) is 0 Å². The molecule has 1 aromatic rings. The summed E-state index contributed by atoms with van der Waals surface area (Å²) in [4.78, 5) is 24.9. The number of hydrogen-bond acceptors (Lipinski definition) is 3. The Morgan fingerprint density at radius 1 is 1.40 bits per heavy atom. The van der Waals surface area contributed by atoms with Crippen molar-refractivity contribution in [1.82, 2.24) is 10.2 Å². The summed E-state index contributed by atoms with van der Waals surface area (Å²) in [6.45, 7) is 2.46. The topological polar surface area (TPSA) is 81.7 Å². The van der Waals surface area contributed by atoms with E-state index in [0.29, 0.717) is 6.54 Å². The van der Waals surface area contributed by atoms with Gasteiger partial charge in [-0.2, -0.15) is 0 Å². The van der Waals surface area contributed by atoms with Crippen molar-refractivity contribution < 1.29 is 14.7 Å². The zero-order valence-electron chi connectivity index (χ0n) is 11.6. The van der Waals surface area contributed by atoms with Crippen molar-refractivity contribution in [2.45, 2.75) is 13.0 Å². The lowest BCUT2D eigenvalue weighted by atomic mass is 10.2. The Morgan fingerprint density at radius 2 is 2.05 bits per heavy atom. The van der Waals surface area contributed by atoms with E-state index in [1.807, 2.05) is 48.5 Å². The zero-order valence-corrected chi connectivity index (χ0v) is 13.8. The highest BCUT2D eigenvalue weighted by Crippen LogP contribution is 2.18. The van der Waals surface area contributed by atoms with E-state index in [4.69, 9.17) is 5.11 Å². The maximum atomic E-state index is 11.8. The van der Waals surface area contributed by atoms with Gasteiger partial charge in [-0.3, -0.25) is 0 Å². The Bertz CT molecular complexity index is 506. The van der Waals surface area contributed by atoms with Crippen LogP contribution in [0.15, 0.2) is 18.2 Å². The van der Waals surface area contributed by atoms with Crippen LogP contribution in [0.25, 0.3) is 0 Å². The molecule has 0 aliphatic heterocycles. The van der Waals surface area contributed by atoms with Gasteiger partial charge >= 0.3 is 12.0 Å².